The lowest BCUT2D eigenvalue weighted by molar-refractivity contribution is -0.134. The second-order valence-corrected chi connectivity index (χ2v) is 2.99. The maximum atomic E-state index is 10.8. The van der Waals surface area contributed by atoms with Crippen molar-refractivity contribution in [3.05, 3.63) is 24.3 Å². The van der Waals surface area contributed by atoms with Gasteiger partial charge in [-0.25, -0.2) is 4.79 Å². The summed E-state index contributed by atoms with van der Waals surface area (Å²) in [5.41, 5.74) is 0. The third kappa shape index (κ3) is 7.49. The Morgan fingerprint density at radius 2 is 2.13 bits per heavy atom. The molecule has 0 spiro atoms. The summed E-state index contributed by atoms with van der Waals surface area (Å²) in [7, 11) is 1.32. The molecular formula is C11H17NO3. The fourth-order valence-corrected chi connectivity index (χ4v) is 1.06. The van der Waals surface area contributed by atoms with E-state index in [1.54, 1.807) is 6.08 Å². The van der Waals surface area contributed by atoms with Gasteiger partial charge in [-0.15, -0.1) is 0 Å². The number of methoxy groups -OCH3 is 1. The van der Waals surface area contributed by atoms with Crippen molar-refractivity contribution < 1.29 is 14.3 Å². The molecule has 1 N–H and O–H groups in total. The van der Waals surface area contributed by atoms with Gasteiger partial charge in [0.15, 0.2) is 0 Å². The lowest BCUT2D eigenvalue weighted by atomic mass is 10.2. The third-order valence-corrected chi connectivity index (χ3v) is 1.66. The molecule has 15 heavy (non-hydrogen) atoms. The summed E-state index contributed by atoms with van der Waals surface area (Å²) in [6.45, 7) is 3.33. The van der Waals surface area contributed by atoms with E-state index in [9.17, 15) is 9.59 Å². The van der Waals surface area contributed by atoms with E-state index in [4.69, 9.17) is 0 Å². The van der Waals surface area contributed by atoms with Crippen molar-refractivity contribution in [2.45, 2.75) is 26.3 Å². The predicted octanol–water partition coefficient (Wildman–Crippen LogP) is 1.19. The van der Waals surface area contributed by atoms with Crippen LogP contribution in [0, 0.1) is 0 Å². The van der Waals surface area contributed by atoms with Gasteiger partial charge >= 0.3 is 5.97 Å². The van der Waals surface area contributed by atoms with Crippen molar-refractivity contribution in [1.82, 2.24) is 5.32 Å². The molecule has 0 saturated heterocycles. The van der Waals surface area contributed by atoms with Gasteiger partial charge in [-0.1, -0.05) is 18.2 Å². The number of carbonyl (C=O) groups is 2. The zero-order valence-electron chi connectivity index (χ0n) is 9.32. The highest BCUT2D eigenvalue weighted by atomic mass is 16.5. The van der Waals surface area contributed by atoms with Crippen LogP contribution in [0.4, 0.5) is 0 Å². The summed E-state index contributed by atoms with van der Waals surface area (Å²) in [6, 6.07) is -0.0755. The molecule has 0 aliphatic heterocycles. The number of carbonyl (C=O) groups excluding carboxylic acids is 2. The van der Waals surface area contributed by atoms with Gasteiger partial charge in [-0.05, 0) is 13.3 Å². The van der Waals surface area contributed by atoms with Crippen LogP contribution in [0.2, 0.25) is 0 Å². The normalized spacial score (nSPS) is 13.0. The molecule has 0 radical (unpaired) electrons. The Bertz CT molecular complexity index is 269. The number of allylic oxidation sites excluding steroid dienone is 1. The molecule has 1 atom stereocenters. The highest BCUT2D eigenvalue weighted by molar-refractivity contribution is 5.81. The van der Waals surface area contributed by atoms with Gasteiger partial charge in [0.05, 0.1) is 13.2 Å². The fourth-order valence-electron chi connectivity index (χ4n) is 1.06. The first-order valence-electron chi connectivity index (χ1n) is 4.74. The number of nitrogens with one attached hydrogen (secondary N) is 1. The average Bonchev–Trinajstić information content (AvgIpc) is 2.16. The van der Waals surface area contributed by atoms with E-state index in [1.807, 2.05) is 19.1 Å². The Morgan fingerprint density at radius 3 is 2.60 bits per heavy atom. The van der Waals surface area contributed by atoms with Crippen LogP contribution in [0.5, 0.6) is 0 Å². The summed E-state index contributed by atoms with van der Waals surface area (Å²) in [6.07, 6.45) is 7.30. The molecule has 84 valence electrons. The lowest BCUT2D eigenvalue weighted by Crippen LogP contribution is -2.30. The van der Waals surface area contributed by atoms with Gasteiger partial charge in [0, 0.05) is 13.0 Å². The SMILES string of the molecule is C/C=C/C(C/C=C/C(=O)OC)NC(C)=O. The molecule has 0 aliphatic carbocycles. The second kappa shape index (κ2) is 7.79. The number of rotatable bonds is 5. The molecule has 0 rings (SSSR count). The maximum absolute atomic E-state index is 10.8. The van der Waals surface area contributed by atoms with Crippen LogP contribution >= 0.6 is 0 Å². The van der Waals surface area contributed by atoms with Crippen LogP contribution in [0.25, 0.3) is 0 Å². The Morgan fingerprint density at radius 1 is 1.47 bits per heavy atom. The van der Waals surface area contributed by atoms with Gasteiger partial charge in [0.2, 0.25) is 5.91 Å². The molecule has 1 unspecified atom stereocenters. The minimum Gasteiger partial charge on any atom is -0.466 e. The number of hydrogen-bond acceptors (Lipinski definition) is 3. The summed E-state index contributed by atoms with van der Waals surface area (Å²) in [4.78, 5) is 21.6. The van der Waals surface area contributed by atoms with E-state index < -0.39 is 5.97 Å². The first kappa shape index (κ1) is 13.4. The zero-order valence-corrected chi connectivity index (χ0v) is 9.32. The Labute approximate surface area is 90.0 Å². The molecule has 0 saturated carbocycles. The van der Waals surface area contributed by atoms with Crippen molar-refractivity contribution in [1.29, 1.82) is 0 Å². The van der Waals surface area contributed by atoms with E-state index in [0.29, 0.717) is 6.42 Å². The Hall–Kier alpha value is -1.58. The molecule has 4 heteroatoms. The molecule has 0 aromatic heterocycles. The fraction of sp³-hybridized carbons (Fsp3) is 0.455. The van der Waals surface area contributed by atoms with Crippen LogP contribution in [-0.4, -0.2) is 25.0 Å². The molecule has 1 amide bonds. The van der Waals surface area contributed by atoms with E-state index in [2.05, 4.69) is 10.1 Å². The minimum atomic E-state index is -0.392. The highest BCUT2D eigenvalue weighted by Gasteiger charge is 2.03. The van der Waals surface area contributed by atoms with Gasteiger partial charge in [-0.2, -0.15) is 0 Å². The van der Waals surface area contributed by atoms with Crippen LogP contribution in [0.1, 0.15) is 20.3 Å². The summed E-state index contributed by atoms with van der Waals surface area (Å²) >= 11 is 0. The molecule has 0 aromatic carbocycles. The first-order chi connectivity index (χ1) is 7.10. The van der Waals surface area contributed by atoms with Crippen molar-refractivity contribution in [3.63, 3.8) is 0 Å². The van der Waals surface area contributed by atoms with Gasteiger partial charge in [0.1, 0.15) is 0 Å². The highest BCUT2D eigenvalue weighted by Crippen LogP contribution is 1.96. The van der Waals surface area contributed by atoms with Gasteiger partial charge in [0.25, 0.3) is 0 Å². The van der Waals surface area contributed by atoms with Gasteiger partial charge < -0.3 is 10.1 Å². The van der Waals surface area contributed by atoms with Crippen molar-refractivity contribution >= 4 is 11.9 Å². The number of amides is 1. The molecule has 4 nitrogen and oxygen atoms in total. The quantitative estimate of drug-likeness (QED) is 0.422. The molecule has 0 fully saturated rings. The van der Waals surface area contributed by atoms with E-state index in [-0.39, 0.29) is 11.9 Å². The van der Waals surface area contributed by atoms with Crippen LogP contribution in [0.15, 0.2) is 24.3 Å². The minimum absolute atomic E-state index is 0.0755. The van der Waals surface area contributed by atoms with E-state index >= 15 is 0 Å². The van der Waals surface area contributed by atoms with Crippen LogP contribution in [-0.2, 0) is 14.3 Å². The van der Waals surface area contributed by atoms with Gasteiger partial charge in [-0.3, -0.25) is 4.79 Å². The van der Waals surface area contributed by atoms with E-state index in [0.717, 1.165) is 0 Å². The van der Waals surface area contributed by atoms with Crippen LogP contribution < -0.4 is 5.32 Å². The van der Waals surface area contributed by atoms with Crippen molar-refractivity contribution in [2.75, 3.05) is 7.11 Å². The Balaban J connectivity index is 4.11. The largest absolute Gasteiger partial charge is 0.466 e. The summed E-state index contributed by atoms with van der Waals surface area (Å²) in [5, 5.41) is 2.74. The number of esters is 1. The smallest absolute Gasteiger partial charge is 0.330 e. The zero-order chi connectivity index (χ0) is 11.7. The third-order valence-electron chi connectivity index (χ3n) is 1.66. The number of ether oxygens (including phenoxy) is 1. The van der Waals surface area contributed by atoms with Crippen molar-refractivity contribution in [2.24, 2.45) is 0 Å². The predicted molar refractivity (Wildman–Crippen MR) is 58.2 cm³/mol. The van der Waals surface area contributed by atoms with Crippen molar-refractivity contribution in [3.8, 4) is 0 Å². The average molecular weight is 211 g/mol. The topological polar surface area (TPSA) is 55.4 Å². The van der Waals surface area contributed by atoms with E-state index in [1.165, 1.54) is 20.1 Å². The molecular weight excluding hydrogens is 194 g/mol. The maximum Gasteiger partial charge on any atom is 0.330 e. The molecule has 0 bridgehead atoms. The monoisotopic (exact) mass is 211 g/mol. The Kier molecular flexibility index (Phi) is 6.97. The lowest BCUT2D eigenvalue weighted by Gasteiger charge is -2.10. The molecule has 0 heterocycles. The molecule has 0 aliphatic rings. The first-order valence-corrected chi connectivity index (χ1v) is 4.74. The standard InChI is InChI=1S/C11H17NO3/c1-4-6-10(12-9(2)13)7-5-8-11(14)15-3/h4-6,8,10H,7H2,1-3H3,(H,12,13)/b6-4+,8-5+. The van der Waals surface area contributed by atoms with Crippen LogP contribution in [0.3, 0.4) is 0 Å². The molecule has 0 aromatic rings. The summed E-state index contributed by atoms with van der Waals surface area (Å²) in [5.74, 6) is -0.485. The second-order valence-electron chi connectivity index (χ2n) is 2.99. The number of hydrogen-bond donors (Lipinski definition) is 1. The summed E-state index contributed by atoms with van der Waals surface area (Å²) < 4.78 is 4.44.